The molecule has 0 saturated carbocycles. The largest absolute Gasteiger partial charge is 0.480 e. The Kier molecular flexibility index (Phi) is 2.57. The van der Waals surface area contributed by atoms with E-state index in [0.29, 0.717) is 11.1 Å². The Morgan fingerprint density at radius 3 is 2.85 bits per heavy atom. The van der Waals surface area contributed by atoms with E-state index in [4.69, 9.17) is 10.8 Å². The van der Waals surface area contributed by atoms with Gasteiger partial charge >= 0.3 is 5.97 Å². The maximum Gasteiger partial charge on any atom is 0.325 e. The molecule has 4 nitrogen and oxygen atoms in total. The van der Waals surface area contributed by atoms with Gasteiger partial charge < -0.3 is 10.8 Å². The molecule has 1 rings (SSSR count). The third kappa shape index (κ3) is 2.00. The number of pyridine rings is 1. The number of halogens is 1. The van der Waals surface area contributed by atoms with Crippen molar-refractivity contribution in [1.29, 1.82) is 0 Å². The summed E-state index contributed by atoms with van der Waals surface area (Å²) in [5.41, 5.74) is 6.14. The van der Waals surface area contributed by atoms with Crippen LogP contribution in [0.15, 0.2) is 12.3 Å². The number of aryl methyl sites for hydroxylation is 1. The fraction of sp³-hybridized carbons (Fsp3) is 0.250. The van der Waals surface area contributed by atoms with Crippen LogP contribution in [0.3, 0.4) is 0 Å². The average Bonchev–Trinajstić information content (AvgIpc) is 2.03. The summed E-state index contributed by atoms with van der Waals surface area (Å²) in [6, 6.07) is 0.00565. The Morgan fingerprint density at radius 2 is 2.38 bits per heavy atom. The number of carboxylic acid groups (broad SMARTS) is 1. The fourth-order valence-corrected chi connectivity index (χ4v) is 0.991. The van der Waals surface area contributed by atoms with Crippen molar-refractivity contribution >= 4 is 5.97 Å². The lowest BCUT2D eigenvalue weighted by Crippen LogP contribution is -2.21. The molecular formula is C8H9FN2O2. The minimum absolute atomic E-state index is 0.328. The fourth-order valence-electron chi connectivity index (χ4n) is 0.991. The van der Waals surface area contributed by atoms with Crippen LogP contribution in [-0.2, 0) is 4.79 Å². The third-order valence-electron chi connectivity index (χ3n) is 1.72. The third-order valence-corrected chi connectivity index (χ3v) is 1.72. The lowest BCUT2D eigenvalue weighted by Gasteiger charge is -2.08. The summed E-state index contributed by atoms with van der Waals surface area (Å²) in [5.74, 6) is -1.80. The normalized spacial score (nSPS) is 12.5. The molecule has 0 saturated heterocycles. The van der Waals surface area contributed by atoms with Crippen LogP contribution in [0.25, 0.3) is 0 Å². The molecule has 70 valence electrons. The minimum Gasteiger partial charge on any atom is -0.480 e. The highest BCUT2D eigenvalue weighted by Crippen LogP contribution is 2.14. The topological polar surface area (TPSA) is 76.2 Å². The number of nitrogens with zero attached hydrogens (tertiary/aromatic N) is 1. The number of carboxylic acids is 1. The predicted octanol–water partition coefficient (Wildman–Crippen LogP) is 0.614. The van der Waals surface area contributed by atoms with Gasteiger partial charge in [-0.25, -0.2) is 4.98 Å². The van der Waals surface area contributed by atoms with Crippen LogP contribution in [0.5, 0.6) is 0 Å². The van der Waals surface area contributed by atoms with E-state index in [1.807, 2.05) is 0 Å². The first-order valence-electron chi connectivity index (χ1n) is 3.63. The number of hydrogen-bond donors (Lipinski definition) is 2. The molecule has 0 fully saturated rings. The van der Waals surface area contributed by atoms with E-state index >= 15 is 0 Å². The molecule has 0 spiro atoms. The standard InChI is InChI=1S/C8H9FN2O2/c1-4-2-6(9)11-3-5(4)7(10)8(12)13/h2-3,7H,10H2,1H3,(H,12,13)/t7-/m1/s1. The van der Waals surface area contributed by atoms with E-state index < -0.39 is 18.0 Å². The number of rotatable bonds is 2. The summed E-state index contributed by atoms with van der Waals surface area (Å²) in [7, 11) is 0. The van der Waals surface area contributed by atoms with Crippen LogP contribution in [0.1, 0.15) is 17.2 Å². The van der Waals surface area contributed by atoms with Crippen molar-refractivity contribution in [1.82, 2.24) is 4.98 Å². The summed E-state index contributed by atoms with van der Waals surface area (Å²) in [6.45, 7) is 1.59. The summed E-state index contributed by atoms with van der Waals surface area (Å²) in [5, 5.41) is 8.58. The number of nitrogens with two attached hydrogens (primary N) is 1. The van der Waals surface area contributed by atoms with Gasteiger partial charge in [-0.2, -0.15) is 4.39 Å². The van der Waals surface area contributed by atoms with Crippen molar-refractivity contribution in [3.8, 4) is 0 Å². The lowest BCUT2D eigenvalue weighted by molar-refractivity contribution is -0.138. The van der Waals surface area contributed by atoms with Crippen LogP contribution in [0.4, 0.5) is 4.39 Å². The maximum atomic E-state index is 12.5. The predicted molar refractivity (Wildman–Crippen MR) is 43.5 cm³/mol. The summed E-state index contributed by atoms with van der Waals surface area (Å²) in [4.78, 5) is 13.8. The molecule has 0 radical (unpaired) electrons. The van der Waals surface area contributed by atoms with Crippen molar-refractivity contribution in [2.24, 2.45) is 5.73 Å². The van der Waals surface area contributed by atoms with Gasteiger partial charge in [0.1, 0.15) is 6.04 Å². The maximum absolute atomic E-state index is 12.5. The van der Waals surface area contributed by atoms with E-state index in [0.717, 1.165) is 12.3 Å². The van der Waals surface area contributed by atoms with Crippen molar-refractivity contribution < 1.29 is 14.3 Å². The van der Waals surface area contributed by atoms with Gasteiger partial charge in [-0.05, 0) is 18.6 Å². The molecule has 3 N–H and O–H groups in total. The molecule has 0 unspecified atom stereocenters. The van der Waals surface area contributed by atoms with E-state index in [9.17, 15) is 9.18 Å². The molecular weight excluding hydrogens is 175 g/mol. The molecule has 1 atom stereocenters. The highest BCUT2D eigenvalue weighted by Gasteiger charge is 2.16. The van der Waals surface area contributed by atoms with Crippen LogP contribution >= 0.6 is 0 Å². The summed E-state index contributed by atoms with van der Waals surface area (Å²) < 4.78 is 12.5. The van der Waals surface area contributed by atoms with Gasteiger partial charge in [0.2, 0.25) is 5.95 Å². The molecule has 5 heteroatoms. The Morgan fingerprint density at radius 1 is 1.77 bits per heavy atom. The van der Waals surface area contributed by atoms with Crippen molar-refractivity contribution in [3.05, 3.63) is 29.3 Å². The van der Waals surface area contributed by atoms with Gasteiger partial charge in [0.25, 0.3) is 0 Å². The first kappa shape index (κ1) is 9.60. The number of aliphatic carboxylic acids is 1. The first-order valence-corrected chi connectivity index (χ1v) is 3.63. The Bertz CT molecular complexity index is 341. The Labute approximate surface area is 74.2 Å². The van der Waals surface area contributed by atoms with Crippen LogP contribution in [0, 0.1) is 12.9 Å². The van der Waals surface area contributed by atoms with Crippen LogP contribution < -0.4 is 5.73 Å². The second-order valence-corrected chi connectivity index (χ2v) is 2.68. The van der Waals surface area contributed by atoms with Crippen molar-refractivity contribution in [2.75, 3.05) is 0 Å². The van der Waals surface area contributed by atoms with Crippen LogP contribution in [0.2, 0.25) is 0 Å². The Hall–Kier alpha value is -1.49. The van der Waals surface area contributed by atoms with Gasteiger partial charge in [-0.1, -0.05) is 0 Å². The molecule has 0 bridgehead atoms. The quantitative estimate of drug-likeness (QED) is 0.660. The highest BCUT2D eigenvalue weighted by atomic mass is 19.1. The molecule has 0 aromatic carbocycles. The highest BCUT2D eigenvalue weighted by molar-refractivity contribution is 5.75. The molecule has 13 heavy (non-hydrogen) atoms. The van der Waals surface area contributed by atoms with E-state index in [2.05, 4.69) is 4.98 Å². The summed E-state index contributed by atoms with van der Waals surface area (Å²) in [6.07, 6.45) is 1.14. The van der Waals surface area contributed by atoms with Crippen LogP contribution in [-0.4, -0.2) is 16.1 Å². The number of carbonyl (C=O) groups is 1. The second kappa shape index (κ2) is 3.49. The van der Waals surface area contributed by atoms with Crippen molar-refractivity contribution in [3.63, 3.8) is 0 Å². The van der Waals surface area contributed by atoms with Gasteiger partial charge in [-0.15, -0.1) is 0 Å². The van der Waals surface area contributed by atoms with E-state index in [-0.39, 0.29) is 0 Å². The van der Waals surface area contributed by atoms with Gasteiger partial charge in [0.05, 0.1) is 0 Å². The van der Waals surface area contributed by atoms with Gasteiger partial charge in [0.15, 0.2) is 0 Å². The first-order chi connectivity index (χ1) is 6.02. The monoisotopic (exact) mass is 184 g/mol. The molecule has 0 aliphatic carbocycles. The zero-order chi connectivity index (χ0) is 10.0. The molecule has 0 aliphatic heterocycles. The Balaban J connectivity index is 3.08. The van der Waals surface area contributed by atoms with Crippen molar-refractivity contribution in [2.45, 2.75) is 13.0 Å². The molecule has 1 heterocycles. The van der Waals surface area contributed by atoms with E-state index in [1.54, 1.807) is 6.92 Å². The lowest BCUT2D eigenvalue weighted by atomic mass is 10.1. The average molecular weight is 184 g/mol. The zero-order valence-electron chi connectivity index (χ0n) is 6.99. The molecule has 1 aromatic rings. The van der Waals surface area contributed by atoms with E-state index in [1.165, 1.54) is 0 Å². The smallest absolute Gasteiger partial charge is 0.325 e. The second-order valence-electron chi connectivity index (χ2n) is 2.68. The number of hydrogen-bond acceptors (Lipinski definition) is 3. The zero-order valence-corrected chi connectivity index (χ0v) is 6.99. The molecule has 1 aromatic heterocycles. The summed E-state index contributed by atoms with van der Waals surface area (Å²) >= 11 is 0. The number of aromatic nitrogens is 1. The molecule has 0 aliphatic rings. The molecule has 0 amide bonds. The van der Waals surface area contributed by atoms with Gasteiger partial charge in [0, 0.05) is 11.8 Å². The van der Waals surface area contributed by atoms with Gasteiger partial charge in [-0.3, -0.25) is 4.79 Å². The SMILES string of the molecule is Cc1cc(F)ncc1[C@@H](N)C(=O)O. The minimum atomic E-state index is -1.16.